The van der Waals surface area contributed by atoms with Crippen LogP contribution >= 0.6 is 0 Å². The first-order valence-electron chi connectivity index (χ1n) is 9.44. The van der Waals surface area contributed by atoms with Crippen LogP contribution in [-0.2, 0) is 10.0 Å². The first-order chi connectivity index (χ1) is 13.8. The highest BCUT2D eigenvalue weighted by atomic mass is 32.2. The van der Waals surface area contributed by atoms with Crippen molar-refractivity contribution in [3.63, 3.8) is 0 Å². The molecule has 3 aromatic rings. The first kappa shape index (κ1) is 19.6. The summed E-state index contributed by atoms with van der Waals surface area (Å²) < 4.78 is 38.3. The van der Waals surface area contributed by atoms with Gasteiger partial charge in [0.25, 0.3) is 5.91 Å². The summed E-state index contributed by atoms with van der Waals surface area (Å²) in [4.78, 5) is 15.7. The monoisotopic (exact) mass is 415 g/mol. The molecule has 0 radical (unpaired) electrons. The number of H-pyrrole nitrogens is 1. The highest BCUT2D eigenvalue weighted by molar-refractivity contribution is 7.88. The molecule has 1 fully saturated rings. The van der Waals surface area contributed by atoms with Crippen molar-refractivity contribution in [2.45, 2.75) is 18.9 Å². The van der Waals surface area contributed by atoms with Crippen LogP contribution in [-0.4, -0.2) is 49.0 Å². The average Bonchev–Trinajstić information content (AvgIpc) is 3.10. The fraction of sp³-hybridized carbons (Fsp3) is 0.286. The van der Waals surface area contributed by atoms with Gasteiger partial charge in [0.15, 0.2) is 0 Å². The second kappa shape index (κ2) is 7.61. The van der Waals surface area contributed by atoms with Gasteiger partial charge in [0, 0.05) is 47.4 Å². The Morgan fingerprint density at radius 3 is 2.69 bits per heavy atom. The number of halogens is 1. The molecule has 2 heterocycles. The Morgan fingerprint density at radius 1 is 1.21 bits per heavy atom. The number of hydrogen-bond donors (Lipinski definition) is 2. The highest BCUT2D eigenvalue weighted by Gasteiger charge is 2.27. The van der Waals surface area contributed by atoms with E-state index in [1.54, 1.807) is 18.2 Å². The maximum absolute atomic E-state index is 13.4. The van der Waals surface area contributed by atoms with Gasteiger partial charge in [-0.3, -0.25) is 4.79 Å². The van der Waals surface area contributed by atoms with E-state index in [9.17, 15) is 17.6 Å². The van der Waals surface area contributed by atoms with Crippen LogP contribution in [0.4, 0.5) is 4.39 Å². The lowest BCUT2D eigenvalue weighted by Crippen LogP contribution is -2.49. The minimum Gasteiger partial charge on any atom is -0.360 e. The van der Waals surface area contributed by atoms with Gasteiger partial charge in [-0.25, -0.2) is 17.1 Å². The van der Waals surface area contributed by atoms with Gasteiger partial charge in [-0.05, 0) is 48.7 Å². The number of aromatic nitrogens is 1. The Kier molecular flexibility index (Phi) is 5.14. The first-order valence-corrected chi connectivity index (χ1v) is 11.3. The molecule has 152 valence electrons. The number of fused-ring (bicyclic) bond motifs is 1. The third-order valence-electron chi connectivity index (χ3n) is 5.29. The molecule has 0 bridgehead atoms. The Hall–Kier alpha value is -2.71. The van der Waals surface area contributed by atoms with Crippen molar-refractivity contribution < 1.29 is 17.6 Å². The topological polar surface area (TPSA) is 82.3 Å². The molecule has 1 amide bonds. The second-order valence-electron chi connectivity index (χ2n) is 7.40. The van der Waals surface area contributed by atoms with Crippen molar-refractivity contribution in [1.82, 2.24) is 14.6 Å². The van der Waals surface area contributed by atoms with Crippen molar-refractivity contribution in [3.05, 3.63) is 60.0 Å². The van der Waals surface area contributed by atoms with Crippen LogP contribution in [0.25, 0.3) is 22.0 Å². The molecule has 0 aliphatic carbocycles. The Morgan fingerprint density at radius 2 is 1.97 bits per heavy atom. The average molecular weight is 415 g/mol. The molecule has 29 heavy (non-hydrogen) atoms. The highest BCUT2D eigenvalue weighted by Crippen LogP contribution is 2.29. The van der Waals surface area contributed by atoms with Gasteiger partial charge in [-0.1, -0.05) is 12.1 Å². The zero-order valence-electron chi connectivity index (χ0n) is 16.0. The van der Waals surface area contributed by atoms with Gasteiger partial charge in [-0.2, -0.15) is 0 Å². The van der Waals surface area contributed by atoms with Crippen molar-refractivity contribution >= 4 is 26.8 Å². The van der Waals surface area contributed by atoms with Gasteiger partial charge >= 0.3 is 0 Å². The maximum Gasteiger partial charge on any atom is 0.251 e. The fourth-order valence-electron chi connectivity index (χ4n) is 3.77. The fourth-order valence-corrected chi connectivity index (χ4v) is 4.68. The number of benzene rings is 2. The van der Waals surface area contributed by atoms with Crippen molar-refractivity contribution in [2.24, 2.45) is 0 Å². The molecular weight excluding hydrogens is 393 g/mol. The molecule has 1 aromatic heterocycles. The van der Waals surface area contributed by atoms with Crippen molar-refractivity contribution in [1.29, 1.82) is 0 Å². The predicted octanol–water partition coefficient (Wildman–Crippen LogP) is 3.13. The van der Waals surface area contributed by atoms with Crippen LogP contribution in [0.5, 0.6) is 0 Å². The van der Waals surface area contributed by atoms with Crippen LogP contribution in [0.3, 0.4) is 0 Å². The molecule has 1 unspecified atom stereocenters. The summed E-state index contributed by atoms with van der Waals surface area (Å²) in [5, 5.41) is 3.84. The maximum atomic E-state index is 13.4. The van der Waals surface area contributed by atoms with Crippen LogP contribution < -0.4 is 5.32 Å². The third kappa shape index (κ3) is 4.18. The van der Waals surface area contributed by atoms with Gasteiger partial charge in [0.1, 0.15) is 5.82 Å². The molecule has 8 heteroatoms. The summed E-state index contributed by atoms with van der Waals surface area (Å²) in [7, 11) is -3.26. The van der Waals surface area contributed by atoms with Gasteiger partial charge in [-0.15, -0.1) is 0 Å². The van der Waals surface area contributed by atoms with Crippen LogP contribution in [0, 0.1) is 5.82 Å². The van der Waals surface area contributed by atoms with Crippen LogP contribution in [0.15, 0.2) is 48.7 Å². The third-order valence-corrected chi connectivity index (χ3v) is 6.56. The zero-order chi connectivity index (χ0) is 20.6. The van der Waals surface area contributed by atoms with Gasteiger partial charge in [0.2, 0.25) is 10.0 Å². The van der Waals surface area contributed by atoms with Gasteiger partial charge in [0.05, 0.1) is 6.26 Å². The summed E-state index contributed by atoms with van der Waals surface area (Å²) in [6.45, 7) is 0.795. The minimum absolute atomic E-state index is 0.200. The van der Waals surface area contributed by atoms with E-state index in [1.807, 2.05) is 18.3 Å². The van der Waals surface area contributed by atoms with Crippen molar-refractivity contribution in [3.8, 4) is 11.1 Å². The van der Waals surface area contributed by atoms with E-state index >= 15 is 0 Å². The molecule has 1 saturated heterocycles. The van der Waals surface area contributed by atoms with E-state index in [2.05, 4.69) is 10.3 Å². The SMILES string of the molecule is CS(=O)(=O)N1CCCC(NC(=O)c2ccc(-c3c[nH]c4cc(F)ccc34)cc2)C1. The summed E-state index contributed by atoms with van der Waals surface area (Å²) >= 11 is 0. The number of amides is 1. The summed E-state index contributed by atoms with van der Waals surface area (Å²) in [6.07, 6.45) is 4.48. The lowest BCUT2D eigenvalue weighted by atomic mass is 10.0. The summed E-state index contributed by atoms with van der Waals surface area (Å²) in [6, 6.07) is 11.6. The molecule has 2 aromatic carbocycles. The molecule has 1 atom stereocenters. The van der Waals surface area contributed by atoms with E-state index in [4.69, 9.17) is 0 Å². The number of sulfonamides is 1. The lowest BCUT2D eigenvalue weighted by molar-refractivity contribution is 0.0921. The van der Waals surface area contributed by atoms with E-state index in [0.29, 0.717) is 18.7 Å². The summed E-state index contributed by atoms with van der Waals surface area (Å²) in [5.41, 5.74) is 3.08. The largest absolute Gasteiger partial charge is 0.360 e. The van der Waals surface area contributed by atoms with Gasteiger partial charge < -0.3 is 10.3 Å². The number of nitrogens with one attached hydrogen (secondary N) is 2. The second-order valence-corrected chi connectivity index (χ2v) is 9.39. The number of carbonyl (C=O) groups excluding carboxylic acids is 1. The quantitative estimate of drug-likeness (QED) is 0.687. The number of aromatic amines is 1. The molecule has 6 nitrogen and oxygen atoms in total. The van der Waals surface area contributed by atoms with E-state index in [1.165, 1.54) is 22.7 Å². The molecule has 1 aliphatic rings. The lowest BCUT2D eigenvalue weighted by Gasteiger charge is -2.31. The van der Waals surface area contributed by atoms with Crippen molar-refractivity contribution in [2.75, 3.05) is 19.3 Å². The molecule has 1 aliphatic heterocycles. The zero-order valence-corrected chi connectivity index (χ0v) is 16.8. The minimum atomic E-state index is -3.26. The number of rotatable bonds is 4. The normalized spacial score (nSPS) is 18.1. The Labute approximate surface area is 168 Å². The van der Waals surface area contributed by atoms with E-state index in [0.717, 1.165) is 34.9 Å². The standard InChI is InChI=1S/C21H22FN3O3S/c1-29(27,28)25-10-2-3-17(13-25)24-21(26)15-6-4-14(5-7-15)19-12-23-20-11-16(22)8-9-18(19)20/h4-9,11-12,17,23H,2-3,10,13H2,1H3,(H,24,26). The predicted molar refractivity (Wildman–Crippen MR) is 111 cm³/mol. The number of carbonyl (C=O) groups is 1. The molecule has 4 rings (SSSR count). The Balaban J connectivity index is 1.48. The molecule has 0 spiro atoms. The Bertz CT molecular complexity index is 1160. The van der Waals surface area contributed by atoms with Crippen LogP contribution in [0.2, 0.25) is 0 Å². The summed E-state index contributed by atoms with van der Waals surface area (Å²) in [5.74, 6) is -0.520. The van der Waals surface area contributed by atoms with Crippen LogP contribution in [0.1, 0.15) is 23.2 Å². The molecular formula is C21H22FN3O3S. The smallest absolute Gasteiger partial charge is 0.251 e. The number of piperidine rings is 1. The van der Waals surface area contributed by atoms with E-state index < -0.39 is 10.0 Å². The molecule has 0 saturated carbocycles. The number of hydrogen-bond acceptors (Lipinski definition) is 3. The van der Waals surface area contributed by atoms with E-state index in [-0.39, 0.29) is 17.8 Å². The molecule has 2 N–H and O–H groups in total. The number of nitrogens with zero attached hydrogens (tertiary/aromatic N) is 1.